The predicted octanol–water partition coefficient (Wildman–Crippen LogP) is 2.20. The minimum atomic E-state index is -4.06. The lowest BCUT2D eigenvalue weighted by molar-refractivity contribution is -0.123. The van der Waals surface area contributed by atoms with E-state index in [4.69, 9.17) is 4.74 Å². The minimum Gasteiger partial charge on any atom is -0.484 e. The smallest absolute Gasteiger partial charge is 0.266 e. The van der Waals surface area contributed by atoms with Crippen molar-refractivity contribution in [2.24, 2.45) is 0 Å². The van der Waals surface area contributed by atoms with Crippen LogP contribution in [0.3, 0.4) is 0 Å². The third-order valence-corrected chi connectivity index (χ3v) is 5.61. The number of hydrogen-bond acceptors (Lipinski definition) is 6. The molecule has 160 valence electrons. The molecule has 3 rings (SSSR count). The SMILES string of the molecule is Cc1ccc(CNC(=O)COc2ccc(S(=O)(=O)NC(=O)c3cccnc3)cc2)cc1. The normalized spacial score (nSPS) is 10.9. The Bertz CT molecular complexity index is 1150. The van der Waals surface area contributed by atoms with Crippen LogP contribution < -0.4 is 14.8 Å². The summed E-state index contributed by atoms with van der Waals surface area (Å²) in [7, 11) is -4.06. The van der Waals surface area contributed by atoms with Gasteiger partial charge in [-0.05, 0) is 48.9 Å². The van der Waals surface area contributed by atoms with Gasteiger partial charge in [-0.25, -0.2) is 13.1 Å². The first-order valence-corrected chi connectivity index (χ1v) is 10.8. The largest absolute Gasteiger partial charge is 0.484 e. The summed E-state index contributed by atoms with van der Waals surface area (Å²) >= 11 is 0. The molecule has 0 aliphatic heterocycles. The first-order chi connectivity index (χ1) is 14.8. The van der Waals surface area contributed by atoms with E-state index in [0.29, 0.717) is 12.3 Å². The van der Waals surface area contributed by atoms with Gasteiger partial charge in [-0.2, -0.15) is 0 Å². The molecular formula is C22H21N3O5S. The maximum Gasteiger partial charge on any atom is 0.266 e. The fourth-order valence-electron chi connectivity index (χ4n) is 2.56. The molecule has 0 radical (unpaired) electrons. The van der Waals surface area contributed by atoms with Crippen LogP contribution in [0.4, 0.5) is 0 Å². The van der Waals surface area contributed by atoms with Crippen molar-refractivity contribution in [1.29, 1.82) is 0 Å². The van der Waals surface area contributed by atoms with E-state index in [9.17, 15) is 18.0 Å². The Labute approximate surface area is 180 Å². The first kappa shape index (κ1) is 22.0. The zero-order valence-electron chi connectivity index (χ0n) is 16.7. The van der Waals surface area contributed by atoms with Crippen LogP contribution in [0.15, 0.2) is 78.0 Å². The Morgan fingerprint density at radius 2 is 1.71 bits per heavy atom. The highest BCUT2D eigenvalue weighted by Gasteiger charge is 2.19. The number of aryl methyl sites for hydroxylation is 1. The quantitative estimate of drug-likeness (QED) is 0.556. The zero-order valence-corrected chi connectivity index (χ0v) is 17.6. The number of benzene rings is 2. The van der Waals surface area contributed by atoms with Gasteiger partial charge >= 0.3 is 0 Å². The molecule has 2 amide bonds. The first-order valence-electron chi connectivity index (χ1n) is 9.36. The number of aromatic nitrogens is 1. The van der Waals surface area contributed by atoms with Gasteiger partial charge in [0, 0.05) is 18.9 Å². The van der Waals surface area contributed by atoms with Crippen LogP contribution in [-0.2, 0) is 21.4 Å². The van der Waals surface area contributed by atoms with Crippen molar-refractivity contribution in [3.8, 4) is 5.75 Å². The molecule has 1 aromatic heterocycles. The van der Waals surface area contributed by atoms with Gasteiger partial charge < -0.3 is 10.1 Å². The van der Waals surface area contributed by atoms with Crippen LogP contribution >= 0.6 is 0 Å². The van der Waals surface area contributed by atoms with Crippen LogP contribution in [0, 0.1) is 6.92 Å². The maximum atomic E-state index is 12.4. The summed E-state index contributed by atoms with van der Waals surface area (Å²) in [5.74, 6) is -0.761. The van der Waals surface area contributed by atoms with Crippen LogP contribution in [0.5, 0.6) is 5.75 Å². The highest BCUT2D eigenvalue weighted by Crippen LogP contribution is 2.16. The molecule has 1 heterocycles. The summed E-state index contributed by atoms with van der Waals surface area (Å²) in [5.41, 5.74) is 2.24. The van der Waals surface area contributed by atoms with E-state index in [1.807, 2.05) is 35.9 Å². The molecule has 9 heteroatoms. The fourth-order valence-corrected chi connectivity index (χ4v) is 3.53. The molecule has 2 aromatic carbocycles. The average Bonchev–Trinajstić information content (AvgIpc) is 2.78. The van der Waals surface area contributed by atoms with Gasteiger partial charge in [0.05, 0.1) is 10.5 Å². The number of rotatable bonds is 8. The Hall–Kier alpha value is -3.72. The van der Waals surface area contributed by atoms with E-state index in [2.05, 4.69) is 10.3 Å². The Morgan fingerprint density at radius 1 is 1.00 bits per heavy atom. The molecular weight excluding hydrogens is 418 g/mol. The summed E-state index contributed by atoms with van der Waals surface area (Å²) < 4.78 is 32.1. The number of nitrogens with one attached hydrogen (secondary N) is 2. The second-order valence-corrected chi connectivity index (χ2v) is 8.38. The monoisotopic (exact) mass is 439 g/mol. The summed E-state index contributed by atoms with van der Waals surface area (Å²) in [6.45, 7) is 2.16. The number of nitrogens with zero attached hydrogens (tertiary/aromatic N) is 1. The number of hydrogen-bond donors (Lipinski definition) is 2. The predicted molar refractivity (Wildman–Crippen MR) is 114 cm³/mol. The standard InChI is InChI=1S/C22H21N3O5S/c1-16-4-6-17(7-5-16)13-24-21(26)15-30-19-8-10-20(11-9-19)31(28,29)25-22(27)18-3-2-12-23-14-18/h2-12,14H,13,15H2,1H3,(H,24,26)(H,25,27). The Morgan fingerprint density at radius 3 is 2.35 bits per heavy atom. The lowest BCUT2D eigenvalue weighted by atomic mass is 10.1. The van der Waals surface area contributed by atoms with E-state index in [-0.39, 0.29) is 23.0 Å². The maximum absolute atomic E-state index is 12.4. The molecule has 0 bridgehead atoms. The molecule has 0 saturated heterocycles. The number of amides is 2. The minimum absolute atomic E-state index is 0.110. The van der Waals surface area contributed by atoms with E-state index in [1.165, 1.54) is 48.8 Å². The zero-order chi connectivity index (χ0) is 22.3. The molecule has 0 aliphatic rings. The summed E-state index contributed by atoms with van der Waals surface area (Å²) in [6, 6.07) is 16.2. The van der Waals surface area contributed by atoms with Gasteiger partial charge in [0.25, 0.3) is 21.8 Å². The van der Waals surface area contributed by atoms with E-state index >= 15 is 0 Å². The molecule has 8 nitrogen and oxygen atoms in total. The Kier molecular flexibility index (Phi) is 6.99. The van der Waals surface area contributed by atoms with E-state index in [0.717, 1.165) is 11.1 Å². The molecule has 2 N–H and O–H groups in total. The molecule has 0 aliphatic carbocycles. The van der Waals surface area contributed by atoms with Crippen LogP contribution in [0.25, 0.3) is 0 Å². The van der Waals surface area contributed by atoms with Crippen molar-refractivity contribution >= 4 is 21.8 Å². The van der Waals surface area contributed by atoms with E-state index < -0.39 is 15.9 Å². The van der Waals surface area contributed by atoms with Gasteiger partial charge in [0.1, 0.15) is 5.75 Å². The third kappa shape index (κ3) is 6.38. The highest BCUT2D eigenvalue weighted by molar-refractivity contribution is 7.90. The third-order valence-electron chi connectivity index (χ3n) is 4.27. The molecule has 0 fully saturated rings. The van der Waals surface area contributed by atoms with Crippen LogP contribution in [0.1, 0.15) is 21.5 Å². The Balaban J connectivity index is 1.51. The second kappa shape index (κ2) is 9.86. The van der Waals surface area contributed by atoms with Gasteiger partial charge in [0.15, 0.2) is 6.61 Å². The van der Waals surface area contributed by atoms with Crippen molar-refractivity contribution < 1.29 is 22.7 Å². The molecule has 0 spiro atoms. The van der Waals surface area contributed by atoms with Gasteiger partial charge in [-0.3, -0.25) is 14.6 Å². The molecule has 0 atom stereocenters. The number of carbonyl (C=O) groups is 2. The summed E-state index contributed by atoms with van der Waals surface area (Å²) in [5, 5.41) is 2.75. The van der Waals surface area contributed by atoms with Crippen molar-refractivity contribution in [3.63, 3.8) is 0 Å². The summed E-state index contributed by atoms with van der Waals surface area (Å²) in [4.78, 5) is 27.7. The van der Waals surface area contributed by atoms with Crippen molar-refractivity contribution in [2.75, 3.05) is 6.61 Å². The van der Waals surface area contributed by atoms with Crippen molar-refractivity contribution in [2.45, 2.75) is 18.4 Å². The second-order valence-electron chi connectivity index (χ2n) is 6.70. The van der Waals surface area contributed by atoms with E-state index in [1.54, 1.807) is 0 Å². The number of ether oxygens (including phenoxy) is 1. The van der Waals surface area contributed by atoms with Gasteiger partial charge in [-0.15, -0.1) is 0 Å². The summed E-state index contributed by atoms with van der Waals surface area (Å²) in [6.07, 6.45) is 2.75. The lowest BCUT2D eigenvalue weighted by Gasteiger charge is -2.09. The van der Waals surface area contributed by atoms with Crippen LogP contribution in [-0.4, -0.2) is 31.8 Å². The van der Waals surface area contributed by atoms with Crippen LogP contribution in [0.2, 0.25) is 0 Å². The van der Waals surface area contributed by atoms with Gasteiger partial charge in [0.2, 0.25) is 0 Å². The average molecular weight is 439 g/mol. The number of carbonyl (C=O) groups excluding carboxylic acids is 2. The van der Waals surface area contributed by atoms with Gasteiger partial charge in [-0.1, -0.05) is 29.8 Å². The van der Waals surface area contributed by atoms with Crippen molar-refractivity contribution in [3.05, 3.63) is 89.7 Å². The molecule has 3 aromatic rings. The highest BCUT2D eigenvalue weighted by atomic mass is 32.2. The molecule has 0 unspecified atom stereocenters. The molecule has 31 heavy (non-hydrogen) atoms. The fraction of sp³-hybridized carbons (Fsp3) is 0.136. The van der Waals surface area contributed by atoms with Crippen molar-refractivity contribution in [1.82, 2.24) is 15.0 Å². The topological polar surface area (TPSA) is 114 Å². The number of pyridine rings is 1. The molecule has 0 saturated carbocycles. The lowest BCUT2D eigenvalue weighted by Crippen LogP contribution is -2.30. The number of sulfonamides is 1.